The van der Waals surface area contributed by atoms with Crippen molar-refractivity contribution in [2.45, 2.75) is 33.2 Å². The Hall–Kier alpha value is -2.18. The molecule has 2 heterocycles. The second-order valence-corrected chi connectivity index (χ2v) is 4.85. The molecule has 0 amide bonds. The van der Waals surface area contributed by atoms with Crippen LogP contribution in [0.25, 0.3) is 5.78 Å². The molecule has 0 aliphatic carbocycles. The fraction of sp³-hybridized carbons (Fsp3) is 0.500. The highest BCUT2D eigenvalue weighted by molar-refractivity contribution is 5.68. The van der Waals surface area contributed by atoms with Gasteiger partial charge in [0, 0.05) is 17.8 Å². The maximum Gasteiger partial charge on any atom is 0.305 e. The van der Waals surface area contributed by atoms with Gasteiger partial charge in [0.05, 0.1) is 6.42 Å². The fourth-order valence-corrected chi connectivity index (χ4v) is 1.86. The first kappa shape index (κ1) is 13.3. The summed E-state index contributed by atoms with van der Waals surface area (Å²) >= 11 is 0. The summed E-state index contributed by atoms with van der Waals surface area (Å²) in [5.41, 5.74) is 0.806. The van der Waals surface area contributed by atoms with Gasteiger partial charge in [0.15, 0.2) is 0 Å². The van der Waals surface area contributed by atoms with Gasteiger partial charge in [-0.2, -0.15) is 14.6 Å². The van der Waals surface area contributed by atoms with E-state index in [2.05, 4.69) is 20.4 Å². The number of anilines is 1. The Kier molecular flexibility index (Phi) is 3.64. The van der Waals surface area contributed by atoms with Gasteiger partial charge in [0.2, 0.25) is 0 Å². The number of nitrogens with one attached hydrogen (secondary N) is 1. The molecule has 1 unspecified atom stereocenters. The summed E-state index contributed by atoms with van der Waals surface area (Å²) in [5, 5.41) is 16.3. The summed E-state index contributed by atoms with van der Waals surface area (Å²) in [4.78, 5) is 19.2. The predicted molar refractivity (Wildman–Crippen MR) is 70.0 cm³/mol. The summed E-state index contributed by atoms with van der Waals surface area (Å²) in [5.74, 6) is 0.565. The molecular weight excluding hydrogens is 246 g/mol. The Bertz CT molecular complexity index is 593. The van der Waals surface area contributed by atoms with Gasteiger partial charge in [0.1, 0.15) is 12.1 Å². The van der Waals surface area contributed by atoms with Gasteiger partial charge in [-0.3, -0.25) is 4.79 Å². The zero-order chi connectivity index (χ0) is 14.0. The van der Waals surface area contributed by atoms with E-state index < -0.39 is 5.97 Å². The minimum atomic E-state index is -0.827. The average Bonchev–Trinajstić information content (AvgIpc) is 2.75. The number of rotatable bonds is 5. The number of aryl methyl sites for hydroxylation is 1. The number of aromatic nitrogens is 4. The van der Waals surface area contributed by atoms with Crippen LogP contribution in [0.4, 0.5) is 5.82 Å². The number of hydrogen-bond donors (Lipinski definition) is 2. The number of carboxylic acids is 1. The molecule has 0 saturated heterocycles. The van der Waals surface area contributed by atoms with Crippen LogP contribution < -0.4 is 5.32 Å². The van der Waals surface area contributed by atoms with Crippen molar-refractivity contribution in [1.29, 1.82) is 0 Å². The maximum absolute atomic E-state index is 10.9. The van der Waals surface area contributed by atoms with Crippen LogP contribution in [0.3, 0.4) is 0 Å². The van der Waals surface area contributed by atoms with Crippen LogP contribution in [-0.2, 0) is 4.79 Å². The van der Waals surface area contributed by atoms with Crippen LogP contribution in [-0.4, -0.2) is 36.7 Å². The van der Waals surface area contributed by atoms with Crippen molar-refractivity contribution < 1.29 is 9.90 Å². The summed E-state index contributed by atoms with van der Waals surface area (Å²) in [6, 6.07) is 1.66. The molecular formula is C12H17N5O2. The summed E-state index contributed by atoms with van der Waals surface area (Å²) in [6.07, 6.45) is 1.48. The SMILES string of the molecule is Cc1cc(NC(CC(=O)O)C(C)C)n2ncnc2n1. The van der Waals surface area contributed by atoms with E-state index in [0.717, 1.165) is 5.69 Å². The van der Waals surface area contributed by atoms with Crippen molar-refractivity contribution >= 4 is 17.6 Å². The number of aliphatic carboxylic acids is 1. The summed E-state index contributed by atoms with van der Waals surface area (Å²) in [7, 11) is 0. The molecule has 2 rings (SSSR count). The number of carboxylic acid groups (broad SMARTS) is 1. The van der Waals surface area contributed by atoms with Gasteiger partial charge in [-0.15, -0.1) is 0 Å². The maximum atomic E-state index is 10.9. The highest BCUT2D eigenvalue weighted by Crippen LogP contribution is 2.16. The van der Waals surface area contributed by atoms with E-state index in [0.29, 0.717) is 11.6 Å². The van der Waals surface area contributed by atoms with Gasteiger partial charge in [0.25, 0.3) is 5.78 Å². The van der Waals surface area contributed by atoms with Crippen LogP contribution in [0.1, 0.15) is 26.0 Å². The molecule has 0 radical (unpaired) electrons. The first-order valence-electron chi connectivity index (χ1n) is 6.13. The topological polar surface area (TPSA) is 92.4 Å². The Balaban J connectivity index is 2.32. The number of nitrogens with zero attached hydrogens (tertiary/aromatic N) is 4. The van der Waals surface area contributed by atoms with Crippen molar-refractivity contribution in [1.82, 2.24) is 19.6 Å². The molecule has 7 nitrogen and oxygen atoms in total. The molecule has 0 spiro atoms. The molecule has 0 aliphatic heterocycles. The van der Waals surface area contributed by atoms with Crippen molar-refractivity contribution in [2.75, 3.05) is 5.32 Å². The van der Waals surface area contributed by atoms with E-state index in [4.69, 9.17) is 5.11 Å². The molecule has 7 heteroatoms. The highest BCUT2D eigenvalue weighted by Gasteiger charge is 2.18. The lowest BCUT2D eigenvalue weighted by molar-refractivity contribution is -0.137. The Labute approximate surface area is 110 Å². The molecule has 0 aliphatic rings. The van der Waals surface area contributed by atoms with E-state index in [1.54, 1.807) is 4.52 Å². The quantitative estimate of drug-likeness (QED) is 0.845. The minimum absolute atomic E-state index is 0.0508. The number of fused-ring (bicyclic) bond motifs is 1. The average molecular weight is 263 g/mol. The third-order valence-electron chi connectivity index (χ3n) is 2.91. The van der Waals surface area contributed by atoms with Crippen LogP contribution in [0, 0.1) is 12.8 Å². The van der Waals surface area contributed by atoms with Gasteiger partial charge in [-0.05, 0) is 12.8 Å². The van der Waals surface area contributed by atoms with Crippen LogP contribution in [0.2, 0.25) is 0 Å². The molecule has 102 valence electrons. The second-order valence-electron chi connectivity index (χ2n) is 4.85. The molecule has 0 bridgehead atoms. The van der Waals surface area contributed by atoms with Crippen molar-refractivity contribution in [3.63, 3.8) is 0 Å². The molecule has 2 aromatic heterocycles. The molecule has 0 saturated carbocycles. The van der Waals surface area contributed by atoms with E-state index in [-0.39, 0.29) is 18.4 Å². The normalized spacial score (nSPS) is 12.8. The van der Waals surface area contributed by atoms with Crippen LogP contribution >= 0.6 is 0 Å². The number of carbonyl (C=O) groups is 1. The molecule has 2 aromatic rings. The van der Waals surface area contributed by atoms with E-state index in [9.17, 15) is 4.79 Å². The first-order valence-corrected chi connectivity index (χ1v) is 6.13. The second kappa shape index (κ2) is 5.21. The van der Waals surface area contributed by atoms with Gasteiger partial charge in [-0.1, -0.05) is 13.8 Å². The van der Waals surface area contributed by atoms with E-state index in [1.165, 1.54) is 6.33 Å². The molecule has 0 aromatic carbocycles. The lowest BCUT2D eigenvalue weighted by Gasteiger charge is -2.22. The molecule has 1 atom stereocenters. The minimum Gasteiger partial charge on any atom is -0.481 e. The van der Waals surface area contributed by atoms with Gasteiger partial charge >= 0.3 is 5.97 Å². The Morgan fingerprint density at radius 2 is 2.26 bits per heavy atom. The largest absolute Gasteiger partial charge is 0.481 e. The van der Waals surface area contributed by atoms with Gasteiger partial charge in [-0.25, -0.2) is 4.98 Å². The third-order valence-corrected chi connectivity index (χ3v) is 2.91. The molecule has 2 N–H and O–H groups in total. The zero-order valence-electron chi connectivity index (χ0n) is 11.2. The van der Waals surface area contributed by atoms with Crippen LogP contribution in [0.15, 0.2) is 12.4 Å². The Morgan fingerprint density at radius 1 is 1.53 bits per heavy atom. The smallest absolute Gasteiger partial charge is 0.305 e. The molecule has 19 heavy (non-hydrogen) atoms. The zero-order valence-corrected chi connectivity index (χ0v) is 11.2. The van der Waals surface area contributed by atoms with Gasteiger partial charge < -0.3 is 10.4 Å². The summed E-state index contributed by atoms with van der Waals surface area (Å²) in [6.45, 7) is 5.82. The lowest BCUT2D eigenvalue weighted by atomic mass is 10.0. The lowest BCUT2D eigenvalue weighted by Crippen LogP contribution is -2.29. The van der Waals surface area contributed by atoms with Crippen molar-refractivity contribution in [2.24, 2.45) is 5.92 Å². The molecule has 0 fully saturated rings. The fourth-order valence-electron chi connectivity index (χ4n) is 1.86. The van der Waals surface area contributed by atoms with Crippen molar-refractivity contribution in [3.8, 4) is 0 Å². The third kappa shape index (κ3) is 2.98. The van der Waals surface area contributed by atoms with Crippen molar-refractivity contribution in [3.05, 3.63) is 18.1 Å². The van der Waals surface area contributed by atoms with E-state index in [1.807, 2.05) is 26.8 Å². The van der Waals surface area contributed by atoms with Crippen LogP contribution in [0.5, 0.6) is 0 Å². The van der Waals surface area contributed by atoms with E-state index >= 15 is 0 Å². The highest BCUT2D eigenvalue weighted by atomic mass is 16.4. The standard InChI is InChI=1S/C12H17N5O2/c1-7(2)9(5-11(18)19)16-10-4-8(3)15-12-13-6-14-17(10)12/h4,6-7,9,16H,5H2,1-3H3,(H,18,19). The Morgan fingerprint density at radius 3 is 2.89 bits per heavy atom. The summed E-state index contributed by atoms with van der Waals surface area (Å²) < 4.78 is 1.57. The predicted octanol–water partition coefficient (Wildman–Crippen LogP) is 1.34. The first-order chi connectivity index (χ1) is 8.97. The monoisotopic (exact) mass is 263 g/mol. The number of hydrogen-bond acceptors (Lipinski definition) is 5.